The molecule has 1 aromatic carbocycles. The van der Waals surface area contributed by atoms with Crippen molar-refractivity contribution in [1.82, 2.24) is 10.2 Å². The number of esters is 1. The fourth-order valence-electron chi connectivity index (χ4n) is 3.18. The molecule has 130 valence electrons. The zero-order valence-electron chi connectivity index (χ0n) is 14.2. The maximum absolute atomic E-state index is 12.5. The second-order valence-corrected chi connectivity index (χ2v) is 6.88. The number of carbonyl (C=O) groups is 2. The lowest BCUT2D eigenvalue weighted by Gasteiger charge is -2.41. The maximum Gasteiger partial charge on any atom is 0.339 e. The van der Waals surface area contributed by atoms with E-state index < -0.39 is 12.1 Å². The SMILES string of the molecule is CC(C)(CNC(=O)C1Cc2ccccc2C(=O)O1)N1CCOCC1. The highest BCUT2D eigenvalue weighted by atomic mass is 16.5. The number of rotatable bonds is 4. The third-order valence-corrected chi connectivity index (χ3v) is 4.75. The summed E-state index contributed by atoms with van der Waals surface area (Å²) < 4.78 is 10.7. The van der Waals surface area contributed by atoms with Crippen molar-refractivity contribution in [2.75, 3.05) is 32.8 Å². The Morgan fingerprint density at radius 3 is 2.75 bits per heavy atom. The molecule has 1 N–H and O–H groups in total. The summed E-state index contributed by atoms with van der Waals surface area (Å²) in [4.78, 5) is 26.8. The van der Waals surface area contributed by atoms with Gasteiger partial charge in [-0.2, -0.15) is 0 Å². The van der Waals surface area contributed by atoms with E-state index in [9.17, 15) is 9.59 Å². The Balaban J connectivity index is 1.58. The van der Waals surface area contributed by atoms with Gasteiger partial charge in [-0.25, -0.2) is 4.79 Å². The summed E-state index contributed by atoms with van der Waals surface area (Å²) in [5.41, 5.74) is 1.24. The number of ether oxygens (including phenoxy) is 2. The van der Waals surface area contributed by atoms with Gasteiger partial charge in [0.25, 0.3) is 5.91 Å². The summed E-state index contributed by atoms with van der Waals surface area (Å²) in [6.07, 6.45) is -0.334. The Bertz CT molecular complexity index is 623. The van der Waals surface area contributed by atoms with Crippen molar-refractivity contribution in [3.8, 4) is 0 Å². The first-order chi connectivity index (χ1) is 11.5. The van der Waals surface area contributed by atoms with E-state index in [4.69, 9.17) is 9.47 Å². The van der Waals surface area contributed by atoms with Gasteiger partial charge >= 0.3 is 5.97 Å². The van der Waals surface area contributed by atoms with Gasteiger partial charge in [0.1, 0.15) is 0 Å². The molecule has 3 rings (SSSR count). The van der Waals surface area contributed by atoms with Crippen molar-refractivity contribution < 1.29 is 19.1 Å². The predicted molar refractivity (Wildman–Crippen MR) is 88.8 cm³/mol. The zero-order valence-corrected chi connectivity index (χ0v) is 14.2. The number of cyclic esters (lactones) is 1. The number of nitrogens with zero attached hydrogens (tertiary/aromatic N) is 1. The molecule has 2 heterocycles. The highest BCUT2D eigenvalue weighted by molar-refractivity contribution is 5.95. The van der Waals surface area contributed by atoms with E-state index in [0.717, 1.165) is 18.7 Å². The van der Waals surface area contributed by atoms with Gasteiger partial charge in [-0.05, 0) is 25.5 Å². The monoisotopic (exact) mass is 332 g/mol. The molecule has 2 aliphatic heterocycles. The Labute approximate surface area is 142 Å². The summed E-state index contributed by atoms with van der Waals surface area (Å²) in [5.74, 6) is -0.663. The van der Waals surface area contributed by atoms with Crippen LogP contribution in [0.5, 0.6) is 0 Å². The van der Waals surface area contributed by atoms with Gasteiger partial charge in [0.15, 0.2) is 6.10 Å². The number of fused-ring (bicyclic) bond motifs is 1. The van der Waals surface area contributed by atoms with Crippen LogP contribution in [-0.4, -0.2) is 61.3 Å². The lowest BCUT2D eigenvalue weighted by molar-refractivity contribution is -0.131. The summed E-state index contributed by atoms with van der Waals surface area (Å²) in [6, 6.07) is 7.26. The normalized spacial score (nSPS) is 21.8. The van der Waals surface area contributed by atoms with Crippen molar-refractivity contribution in [3.63, 3.8) is 0 Å². The molecule has 6 heteroatoms. The summed E-state index contributed by atoms with van der Waals surface area (Å²) in [7, 11) is 0. The quantitative estimate of drug-likeness (QED) is 0.833. The van der Waals surface area contributed by atoms with Crippen LogP contribution in [0, 0.1) is 0 Å². The lowest BCUT2D eigenvalue weighted by atomic mass is 9.97. The number of hydrogen-bond donors (Lipinski definition) is 1. The molecular weight excluding hydrogens is 308 g/mol. The molecule has 1 saturated heterocycles. The van der Waals surface area contributed by atoms with E-state index in [1.807, 2.05) is 12.1 Å². The molecule has 0 aliphatic carbocycles. The molecule has 24 heavy (non-hydrogen) atoms. The van der Waals surface area contributed by atoms with Gasteiger partial charge in [0.2, 0.25) is 0 Å². The molecule has 6 nitrogen and oxygen atoms in total. The molecule has 0 radical (unpaired) electrons. The first-order valence-electron chi connectivity index (χ1n) is 8.37. The smallest absolute Gasteiger partial charge is 0.339 e. The predicted octanol–water partition coefficient (Wildman–Crippen LogP) is 0.995. The summed E-state index contributed by atoms with van der Waals surface area (Å²) in [5, 5.41) is 2.94. The largest absolute Gasteiger partial charge is 0.448 e. The van der Waals surface area contributed by atoms with Crippen LogP contribution >= 0.6 is 0 Å². The minimum absolute atomic E-state index is 0.171. The number of amides is 1. The van der Waals surface area contributed by atoms with Gasteiger partial charge in [0, 0.05) is 31.6 Å². The number of hydrogen-bond acceptors (Lipinski definition) is 5. The van der Waals surface area contributed by atoms with Crippen LogP contribution in [0.1, 0.15) is 29.8 Å². The molecule has 2 aliphatic rings. The highest BCUT2D eigenvalue weighted by Crippen LogP contribution is 2.21. The summed E-state index contributed by atoms with van der Waals surface area (Å²) in [6.45, 7) is 7.84. The van der Waals surface area contributed by atoms with Gasteiger partial charge in [0.05, 0.1) is 18.8 Å². The first-order valence-corrected chi connectivity index (χ1v) is 8.37. The van der Waals surface area contributed by atoms with Gasteiger partial charge in [-0.1, -0.05) is 18.2 Å². The Hall–Kier alpha value is -1.92. The number of benzene rings is 1. The Morgan fingerprint density at radius 1 is 1.29 bits per heavy atom. The van der Waals surface area contributed by atoms with E-state index in [0.29, 0.717) is 31.7 Å². The third-order valence-electron chi connectivity index (χ3n) is 4.75. The maximum atomic E-state index is 12.5. The first kappa shape index (κ1) is 16.9. The summed E-state index contributed by atoms with van der Waals surface area (Å²) >= 11 is 0. The minimum atomic E-state index is -0.757. The standard InChI is InChI=1S/C18H24N2O4/c1-18(2,20-7-9-23-10-8-20)12-19-16(21)15-11-13-5-3-4-6-14(13)17(22)24-15/h3-6,15H,7-12H2,1-2H3,(H,19,21). The van der Waals surface area contributed by atoms with Gasteiger partial charge < -0.3 is 14.8 Å². The lowest BCUT2D eigenvalue weighted by Crippen LogP contribution is -2.56. The highest BCUT2D eigenvalue weighted by Gasteiger charge is 2.33. The van der Waals surface area contributed by atoms with Crippen molar-refractivity contribution in [2.45, 2.75) is 31.9 Å². The van der Waals surface area contributed by atoms with Crippen LogP contribution in [-0.2, 0) is 20.7 Å². The number of nitrogens with one attached hydrogen (secondary N) is 1. The molecular formula is C18H24N2O4. The molecule has 1 fully saturated rings. The average Bonchev–Trinajstić information content (AvgIpc) is 2.60. The molecule has 0 spiro atoms. The third kappa shape index (κ3) is 3.60. The van der Waals surface area contributed by atoms with Gasteiger partial charge in [-0.15, -0.1) is 0 Å². The van der Waals surface area contributed by atoms with Crippen molar-refractivity contribution >= 4 is 11.9 Å². The molecule has 1 unspecified atom stereocenters. The number of carbonyl (C=O) groups excluding carboxylic acids is 2. The van der Waals surface area contributed by atoms with Crippen molar-refractivity contribution in [2.24, 2.45) is 0 Å². The molecule has 1 aromatic rings. The Morgan fingerprint density at radius 2 is 2.00 bits per heavy atom. The van der Waals surface area contributed by atoms with Crippen LogP contribution in [0.15, 0.2) is 24.3 Å². The minimum Gasteiger partial charge on any atom is -0.448 e. The van der Waals surface area contributed by atoms with Crippen LogP contribution in [0.4, 0.5) is 0 Å². The topological polar surface area (TPSA) is 67.9 Å². The van der Waals surface area contributed by atoms with Crippen LogP contribution in [0.25, 0.3) is 0 Å². The van der Waals surface area contributed by atoms with E-state index >= 15 is 0 Å². The average molecular weight is 332 g/mol. The van der Waals surface area contributed by atoms with E-state index in [-0.39, 0.29) is 11.4 Å². The van der Waals surface area contributed by atoms with Crippen molar-refractivity contribution in [1.29, 1.82) is 0 Å². The van der Waals surface area contributed by atoms with E-state index in [1.165, 1.54) is 0 Å². The molecule has 1 amide bonds. The fraction of sp³-hybridized carbons (Fsp3) is 0.556. The second-order valence-electron chi connectivity index (χ2n) is 6.88. The fourth-order valence-corrected chi connectivity index (χ4v) is 3.18. The molecule has 0 aromatic heterocycles. The van der Waals surface area contributed by atoms with Crippen LogP contribution in [0.2, 0.25) is 0 Å². The molecule has 0 saturated carbocycles. The van der Waals surface area contributed by atoms with E-state index in [2.05, 4.69) is 24.1 Å². The van der Waals surface area contributed by atoms with Crippen LogP contribution in [0.3, 0.4) is 0 Å². The van der Waals surface area contributed by atoms with E-state index in [1.54, 1.807) is 12.1 Å². The Kier molecular flexibility index (Phi) is 4.87. The molecule has 1 atom stereocenters. The van der Waals surface area contributed by atoms with Gasteiger partial charge in [-0.3, -0.25) is 9.69 Å². The molecule has 0 bridgehead atoms. The van der Waals surface area contributed by atoms with Crippen molar-refractivity contribution in [3.05, 3.63) is 35.4 Å². The van der Waals surface area contributed by atoms with Crippen LogP contribution < -0.4 is 5.32 Å². The number of morpholine rings is 1. The zero-order chi connectivity index (χ0) is 17.2. The second kappa shape index (κ2) is 6.91.